The summed E-state index contributed by atoms with van der Waals surface area (Å²) < 4.78 is 30.6. The number of nitro benzene ring substituents is 1. The van der Waals surface area contributed by atoms with Gasteiger partial charge in [-0.3, -0.25) is 10.1 Å². The van der Waals surface area contributed by atoms with E-state index >= 15 is 0 Å². The average Bonchev–Trinajstić information content (AvgIpc) is 2.82. The van der Waals surface area contributed by atoms with Crippen LogP contribution in [0.15, 0.2) is 56.6 Å². The van der Waals surface area contributed by atoms with Crippen LogP contribution in [-0.4, -0.2) is 17.3 Å². The highest BCUT2D eigenvalue weighted by Gasteiger charge is 2.24. The highest BCUT2D eigenvalue weighted by atomic mass is 35.5. The van der Waals surface area contributed by atoms with Gasteiger partial charge < -0.3 is 4.42 Å². The number of non-ortho nitro benzene ring substituents is 1. The zero-order chi connectivity index (χ0) is 16.8. The van der Waals surface area contributed by atoms with E-state index in [1.165, 1.54) is 18.2 Å². The lowest BCUT2D eigenvalue weighted by atomic mass is 10.3. The van der Waals surface area contributed by atoms with Gasteiger partial charge in [-0.1, -0.05) is 11.6 Å². The molecule has 0 radical (unpaired) electrons. The summed E-state index contributed by atoms with van der Waals surface area (Å²) in [6.07, 6.45) is 0. The minimum atomic E-state index is -4.26. The van der Waals surface area contributed by atoms with E-state index in [9.17, 15) is 23.3 Å². The summed E-state index contributed by atoms with van der Waals surface area (Å²) in [7, 11) is -4.26. The Morgan fingerprint density at radius 3 is 2.39 bits per heavy atom. The number of aromatic nitrogens is 1. The first-order valence-corrected chi connectivity index (χ1v) is 7.93. The summed E-state index contributed by atoms with van der Waals surface area (Å²) in [4.78, 5) is 21.6. The van der Waals surface area contributed by atoms with E-state index in [4.69, 9.17) is 16.0 Å². The van der Waals surface area contributed by atoms with E-state index in [1.54, 1.807) is 0 Å². The molecule has 0 N–H and O–H groups in total. The standard InChI is InChI=1S/C13H7ClN2O6S/c14-8-1-6-11-12(7-8)22-13(17)15(11)23(20,21)10-4-2-9(3-5-10)16(18)19/h1-7H. The number of hydrogen-bond donors (Lipinski definition) is 0. The van der Waals surface area contributed by atoms with Gasteiger partial charge in [0.05, 0.1) is 9.82 Å². The second-order valence-electron chi connectivity index (χ2n) is 4.50. The fraction of sp³-hybridized carbons (Fsp3) is 0. The van der Waals surface area contributed by atoms with Crippen LogP contribution in [0.5, 0.6) is 0 Å². The van der Waals surface area contributed by atoms with Gasteiger partial charge in [-0.2, -0.15) is 3.97 Å². The molecule has 0 saturated heterocycles. The molecular weight excluding hydrogens is 348 g/mol. The molecule has 3 rings (SSSR count). The van der Waals surface area contributed by atoms with Crippen molar-refractivity contribution < 1.29 is 17.8 Å². The van der Waals surface area contributed by atoms with Crippen LogP contribution in [0.25, 0.3) is 11.1 Å². The predicted molar refractivity (Wildman–Crippen MR) is 81.2 cm³/mol. The highest BCUT2D eigenvalue weighted by Crippen LogP contribution is 2.23. The smallest absolute Gasteiger partial charge is 0.407 e. The normalized spacial score (nSPS) is 11.7. The first-order valence-electron chi connectivity index (χ1n) is 6.12. The maximum Gasteiger partial charge on any atom is 0.434 e. The van der Waals surface area contributed by atoms with E-state index in [2.05, 4.69) is 0 Å². The molecule has 0 saturated carbocycles. The molecule has 0 unspecified atom stereocenters. The molecule has 0 bridgehead atoms. The summed E-state index contributed by atoms with van der Waals surface area (Å²) in [5.41, 5.74) is -0.217. The minimum Gasteiger partial charge on any atom is -0.407 e. The Morgan fingerprint density at radius 1 is 1.13 bits per heavy atom. The van der Waals surface area contributed by atoms with Gasteiger partial charge in [0.15, 0.2) is 5.58 Å². The molecule has 8 nitrogen and oxygen atoms in total. The van der Waals surface area contributed by atoms with Gasteiger partial charge >= 0.3 is 5.76 Å². The van der Waals surface area contributed by atoms with Crippen LogP contribution in [-0.2, 0) is 10.0 Å². The van der Waals surface area contributed by atoms with E-state index in [0.29, 0.717) is 3.97 Å². The number of nitro groups is 1. The molecule has 23 heavy (non-hydrogen) atoms. The van der Waals surface area contributed by atoms with E-state index in [0.717, 1.165) is 24.3 Å². The Balaban J connectivity index is 2.22. The largest absolute Gasteiger partial charge is 0.434 e. The molecule has 0 aliphatic heterocycles. The number of halogens is 1. The Bertz CT molecular complexity index is 1080. The van der Waals surface area contributed by atoms with Gasteiger partial charge in [-0.15, -0.1) is 0 Å². The summed E-state index contributed by atoms with van der Waals surface area (Å²) in [5, 5.41) is 10.9. The third kappa shape index (κ3) is 2.49. The number of oxazole rings is 1. The van der Waals surface area contributed by atoms with Crippen molar-refractivity contribution in [1.82, 2.24) is 3.97 Å². The molecule has 0 fully saturated rings. The SMILES string of the molecule is O=c1oc2cc(Cl)ccc2n1S(=O)(=O)c1ccc([N+](=O)[O-])cc1. The summed E-state index contributed by atoms with van der Waals surface area (Å²) in [6, 6.07) is 8.25. The maximum absolute atomic E-state index is 12.6. The maximum atomic E-state index is 12.6. The third-order valence-electron chi connectivity index (χ3n) is 3.09. The Morgan fingerprint density at radius 2 is 1.78 bits per heavy atom. The fourth-order valence-corrected chi connectivity index (χ4v) is 3.54. The zero-order valence-electron chi connectivity index (χ0n) is 11.2. The van der Waals surface area contributed by atoms with Gasteiger partial charge in [0, 0.05) is 23.2 Å². The Labute approximate surface area is 133 Å². The summed E-state index contributed by atoms with van der Waals surface area (Å²) in [6.45, 7) is 0. The molecule has 0 amide bonds. The van der Waals surface area contributed by atoms with Crippen LogP contribution in [0, 0.1) is 10.1 Å². The van der Waals surface area contributed by atoms with Crippen LogP contribution in [0.1, 0.15) is 0 Å². The average molecular weight is 355 g/mol. The first kappa shape index (κ1) is 15.3. The molecule has 2 aromatic carbocycles. The molecule has 0 aliphatic rings. The second-order valence-corrected chi connectivity index (χ2v) is 6.72. The van der Waals surface area contributed by atoms with E-state index in [1.807, 2.05) is 0 Å². The monoisotopic (exact) mass is 354 g/mol. The van der Waals surface area contributed by atoms with E-state index < -0.39 is 20.7 Å². The fourth-order valence-electron chi connectivity index (χ4n) is 2.04. The Hall–Kier alpha value is -2.65. The third-order valence-corrected chi connectivity index (χ3v) is 5.02. The number of nitrogens with zero attached hydrogens (tertiary/aromatic N) is 2. The van der Waals surface area contributed by atoms with Crippen molar-refractivity contribution in [2.45, 2.75) is 4.90 Å². The Kier molecular flexibility index (Phi) is 3.46. The molecule has 0 spiro atoms. The molecular formula is C13H7ClN2O6S. The molecule has 3 aromatic rings. The van der Waals surface area contributed by atoms with Crippen LogP contribution in [0.4, 0.5) is 5.69 Å². The van der Waals surface area contributed by atoms with Crippen LogP contribution in [0.2, 0.25) is 5.02 Å². The number of rotatable bonds is 3. The first-order chi connectivity index (χ1) is 10.8. The second kappa shape index (κ2) is 5.21. The molecule has 10 heteroatoms. The molecule has 1 heterocycles. The zero-order valence-corrected chi connectivity index (χ0v) is 12.7. The quantitative estimate of drug-likeness (QED) is 0.527. The number of hydrogen-bond acceptors (Lipinski definition) is 6. The van der Waals surface area contributed by atoms with Gasteiger partial charge in [-0.05, 0) is 24.3 Å². The van der Waals surface area contributed by atoms with Crippen LogP contribution in [0.3, 0.4) is 0 Å². The van der Waals surface area contributed by atoms with Crippen molar-refractivity contribution in [2.24, 2.45) is 0 Å². The molecule has 0 aliphatic carbocycles. The van der Waals surface area contributed by atoms with Gasteiger partial charge in [0.25, 0.3) is 15.7 Å². The lowest BCUT2D eigenvalue weighted by Gasteiger charge is -2.04. The van der Waals surface area contributed by atoms with Crippen LogP contribution < -0.4 is 5.76 Å². The molecule has 1 aromatic heterocycles. The van der Waals surface area contributed by atoms with Crippen LogP contribution >= 0.6 is 11.6 Å². The van der Waals surface area contributed by atoms with Gasteiger partial charge in [0.2, 0.25) is 0 Å². The lowest BCUT2D eigenvalue weighted by molar-refractivity contribution is -0.384. The van der Waals surface area contributed by atoms with Crippen molar-refractivity contribution in [3.8, 4) is 0 Å². The van der Waals surface area contributed by atoms with Crippen molar-refractivity contribution >= 4 is 38.4 Å². The van der Waals surface area contributed by atoms with Crippen molar-refractivity contribution in [3.05, 3.63) is 68.2 Å². The topological polar surface area (TPSA) is 112 Å². The summed E-state index contributed by atoms with van der Waals surface area (Å²) in [5.74, 6) is -1.10. The van der Waals surface area contributed by atoms with Crippen molar-refractivity contribution in [1.29, 1.82) is 0 Å². The summed E-state index contributed by atoms with van der Waals surface area (Å²) >= 11 is 5.77. The number of benzene rings is 2. The van der Waals surface area contributed by atoms with Gasteiger partial charge in [-0.25, -0.2) is 13.2 Å². The van der Waals surface area contributed by atoms with Crippen molar-refractivity contribution in [2.75, 3.05) is 0 Å². The molecule has 118 valence electrons. The number of fused-ring (bicyclic) bond motifs is 1. The lowest BCUT2D eigenvalue weighted by Crippen LogP contribution is -2.23. The van der Waals surface area contributed by atoms with Crippen molar-refractivity contribution in [3.63, 3.8) is 0 Å². The predicted octanol–water partition coefficient (Wildman–Crippen LogP) is 2.39. The molecule has 0 atom stereocenters. The highest BCUT2D eigenvalue weighted by molar-refractivity contribution is 7.90. The minimum absolute atomic E-state index is 0.0213. The van der Waals surface area contributed by atoms with E-state index in [-0.39, 0.29) is 26.7 Å². The van der Waals surface area contributed by atoms with Gasteiger partial charge in [0.1, 0.15) is 5.52 Å².